The zero-order valence-corrected chi connectivity index (χ0v) is 12.8. The summed E-state index contributed by atoms with van der Waals surface area (Å²) in [5, 5.41) is 2.94. The second-order valence-corrected chi connectivity index (χ2v) is 5.26. The number of methoxy groups -OCH3 is 1. The number of amides is 1. The van der Waals surface area contributed by atoms with E-state index in [4.69, 9.17) is 4.74 Å². The molecular formula is C15H23NO2S. The van der Waals surface area contributed by atoms with Gasteiger partial charge in [0, 0.05) is 11.4 Å². The second kappa shape index (κ2) is 8.86. The summed E-state index contributed by atoms with van der Waals surface area (Å²) in [4.78, 5) is 13.2. The molecule has 19 heavy (non-hydrogen) atoms. The Morgan fingerprint density at radius 3 is 2.74 bits per heavy atom. The van der Waals surface area contributed by atoms with Gasteiger partial charge in [0.2, 0.25) is 0 Å². The largest absolute Gasteiger partial charge is 0.496 e. The Bertz CT molecular complexity index is 407. The summed E-state index contributed by atoms with van der Waals surface area (Å²) in [5.74, 6) is 0.582. The van der Waals surface area contributed by atoms with Crippen LogP contribution in [0.3, 0.4) is 0 Å². The number of carbonyl (C=O) groups is 1. The van der Waals surface area contributed by atoms with Crippen LogP contribution in [-0.4, -0.2) is 25.8 Å². The van der Waals surface area contributed by atoms with Gasteiger partial charge in [-0.15, -0.1) is 11.8 Å². The number of benzene rings is 1. The minimum atomic E-state index is -0.0546. The fourth-order valence-corrected chi connectivity index (χ4v) is 2.26. The summed E-state index contributed by atoms with van der Waals surface area (Å²) >= 11 is 1.63. The lowest BCUT2D eigenvalue weighted by Gasteiger charge is -2.10. The van der Waals surface area contributed by atoms with E-state index in [1.165, 1.54) is 19.3 Å². The molecule has 0 aliphatic rings. The maximum Gasteiger partial charge on any atom is 0.255 e. The van der Waals surface area contributed by atoms with Crippen LogP contribution in [0.1, 0.15) is 43.0 Å². The molecule has 106 valence electrons. The van der Waals surface area contributed by atoms with Crippen LogP contribution in [0.15, 0.2) is 23.1 Å². The van der Waals surface area contributed by atoms with Gasteiger partial charge in [-0.2, -0.15) is 0 Å². The maximum atomic E-state index is 12.1. The van der Waals surface area contributed by atoms with E-state index in [1.54, 1.807) is 18.9 Å². The Balaban J connectivity index is 2.56. The van der Waals surface area contributed by atoms with E-state index in [1.807, 2.05) is 24.5 Å². The number of unbranched alkanes of at least 4 members (excludes halogenated alkanes) is 3. The zero-order chi connectivity index (χ0) is 14.1. The third-order valence-corrected chi connectivity index (χ3v) is 3.69. The molecule has 0 heterocycles. The molecule has 0 radical (unpaired) electrons. The summed E-state index contributed by atoms with van der Waals surface area (Å²) < 4.78 is 5.28. The molecule has 0 saturated carbocycles. The van der Waals surface area contributed by atoms with Crippen molar-refractivity contribution in [3.63, 3.8) is 0 Å². The average Bonchev–Trinajstić information content (AvgIpc) is 2.46. The molecule has 1 aromatic carbocycles. The van der Waals surface area contributed by atoms with Gasteiger partial charge in [-0.1, -0.05) is 26.2 Å². The van der Waals surface area contributed by atoms with Crippen LogP contribution in [0.25, 0.3) is 0 Å². The van der Waals surface area contributed by atoms with E-state index in [0.29, 0.717) is 11.3 Å². The van der Waals surface area contributed by atoms with Crippen LogP contribution < -0.4 is 10.1 Å². The highest BCUT2D eigenvalue weighted by Gasteiger charge is 2.12. The maximum absolute atomic E-state index is 12.1. The Kier molecular flexibility index (Phi) is 7.41. The highest BCUT2D eigenvalue weighted by Crippen LogP contribution is 2.25. The lowest BCUT2D eigenvalue weighted by atomic mass is 10.1. The first kappa shape index (κ1) is 15.9. The Labute approximate surface area is 120 Å². The summed E-state index contributed by atoms with van der Waals surface area (Å²) in [6.07, 6.45) is 6.63. The Hall–Kier alpha value is -1.16. The number of rotatable bonds is 8. The van der Waals surface area contributed by atoms with Crippen molar-refractivity contribution < 1.29 is 9.53 Å². The summed E-state index contributed by atoms with van der Waals surface area (Å²) in [7, 11) is 1.59. The van der Waals surface area contributed by atoms with Gasteiger partial charge >= 0.3 is 0 Å². The average molecular weight is 281 g/mol. The van der Waals surface area contributed by atoms with E-state index in [9.17, 15) is 4.79 Å². The molecule has 0 aliphatic carbocycles. The van der Waals surface area contributed by atoms with Gasteiger partial charge in [0.1, 0.15) is 5.75 Å². The first-order chi connectivity index (χ1) is 9.22. The predicted molar refractivity (Wildman–Crippen MR) is 81.3 cm³/mol. The topological polar surface area (TPSA) is 38.3 Å². The minimum absolute atomic E-state index is 0.0546. The molecule has 0 saturated heterocycles. The van der Waals surface area contributed by atoms with Gasteiger partial charge in [0.05, 0.1) is 12.7 Å². The number of thioether (sulfide) groups is 1. The number of hydrogen-bond acceptors (Lipinski definition) is 3. The normalized spacial score (nSPS) is 10.3. The summed E-state index contributed by atoms with van der Waals surface area (Å²) in [5.41, 5.74) is 0.607. The third kappa shape index (κ3) is 5.15. The molecule has 1 aromatic rings. The molecule has 0 aliphatic heterocycles. The van der Waals surface area contributed by atoms with Crippen molar-refractivity contribution in [1.29, 1.82) is 0 Å². The van der Waals surface area contributed by atoms with E-state index in [2.05, 4.69) is 12.2 Å². The molecule has 0 bridgehead atoms. The first-order valence-electron chi connectivity index (χ1n) is 6.73. The molecule has 1 N–H and O–H groups in total. The number of ether oxygens (including phenoxy) is 1. The van der Waals surface area contributed by atoms with Crippen LogP contribution >= 0.6 is 11.8 Å². The van der Waals surface area contributed by atoms with Crippen molar-refractivity contribution in [1.82, 2.24) is 5.32 Å². The van der Waals surface area contributed by atoms with Gasteiger partial charge in [-0.05, 0) is 30.9 Å². The molecule has 0 fully saturated rings. The quantitative estimate of drug-likeness (QED) is 0.583. The van der Waals surface area contributed by atoms with Crippen molar-refractivity contribution in [2.24, 2.45) is 0 Å². The predicted octanol–water partition coefficient (Wildman–Crippen LogP) is 3.73. The van der Waals surface area contributed by atoms with Gasteiger partial charge in [-0.25, -0.2) is 0 Å². The van der Waals surface area contributed by atoms with Gasteiger partial charge < -0.3 is 10.1 Å². The standard InChI is InChI=1S/C15H23NO2S/c1-4-5-6-7-10-16-15(17)13-9-8-12(19-3)11-14(13)18-2/h8-9,11H,4-7,10H2,1-3H3,(H,16,17). The highest BCUT2D eigenvalue weighted by atomic mass is 32.2. The molecular weight excluding hydrogens is 258 g/mol. The van der Waals surface area contributed by atoms with Crippen molar-refractivity contribution in [3.8, 4) is 5.75 Å². The zero-order valence-electron chi connectivity index (χ0n) is 12.0. The SMILES string of the molecule is CCCCCCNC(=O)c1ccc(SC)cc1OC. The minimum Gasteiger partial charge on any atom is -0.496 e. The van der Waals surface area contributed by atoms with Crippen molar-refractivity contribution in [2.75, 3.05) is 19.9 Å². The molecule has 0 spiro atoms. The highest BCUT2D eigenvalue weighted by molar-refractivity contribution is 7.98. The Morgan fingerprint density at radius 2 is 2.11 bits per heavy atom. The van der Waals surface area contributed by atoms with E-state index < -0.39 is 0 Å². The Morgan fingerprint density at radius 1 is 1.32 bits per heavy atom. The van der Waals surface area contributed by atoms with Crippen molar-refractivity contribution >= 4 is 17.7 Å². The number of hydrogen-bond donors (Lipinski definition) is 1. The van der Waals surface area contributed by atoms with Crippen molar-refractivity contribution in [2.45, 2.75) is 37.5 Å². The lowest BCUT2D eigenvalue weighted by Crippen LogP contribution is -2.24. The number of carbonyl (C=O) groups excluding carboxylic acids is 1. The van der Waals surface area contributed by atoms with Crippen LogP contribution in [0.4, 0.5) is 0 Å². The monoisotopic (exact) mass is 281 g/mol. The molecule has 1 rings (SSSR count). The van der Waals surface area contributed by atoms with E-state index in [0.717, 1.165) is 17.9 Å². The van der Waals surface area contributed by atoms with Gasteiger partial charge in [0.15, 0.2) is 0 Å². The molecule has 4 heteroatoms. The molecule has 0 unspecified atom stereocenters. The van der Waals surface area contributed by atoms with Crippen LogP contribution in [0.2, 0.25) is 0 Å². The van der Waals surface area contributed by atoms with Gasteiger partial charge in [0.25, 0.3) is 5.91 Å². The first-order valence-corrected chi connectivity index (χ1v) is 7.95. The van der Waals surface area contributed by atoms with Gasteiger partial charge in [-0.3, -0.25) is 4.79 Å². The van der Waals surface area contributed by atoms with Crippen LogP contribution in [0.5, 0.6) is 5.75 Å². The fourth-order valence-electron chi connectivity index (χ4n) is 1.84. The molecule has 0 atom stereocenters. The smallest absolute Gasteiger partial charge is 0.255 e. The second-order valence-electron chi connectivity index (χ2n) is 4.38. The fraction of sp³-hybridized carbons (Fsp3) is 0.533. The van der Waals surface area contributed by atoms with E-state index in [-0.39, 0.29) is 5.91 Å². The third-order valence-electron chi connectivity index (χ3n) is 2.97. The van der Waals surface area contributed by atoms with Crippen molar-refractivity contribution in [3.05, 3.63) is 23.8 Å². The molecule has 3 nitrogen and oxygen atoms in total. The number of nitrogens with one attached hydrogen (secondary N) is 1. The summed E-state index contributed by atoms with van der Waals surface area (Å²) in [6.45, 7) is 2.91. The van der Waals surface area contributed by atoms with Crippen LogP contribution in [0, 0.1) is 0 Å². The summed E-state index contributed by atoms with van der Waals surface area (Å²) in [6, 6.07) is 5.67. The molecule has 0 aromatic heterocycles. The van der Waals surface area contributed by atoms with Crippen LogP contribution in [-0.2, 0) is 0 Å². The lowest BCUT2D eigenvalue weighted by molar-refractivity contribution is 0.0950. The van der Waals surface area contributed by atoms with E-state index >= 15 is 0 Å². The molecule has 1 amide bonds.